The Kier molecular flexibility index (Phi) is 2.98. The van der Waals surface area contributed by atoms with Crippen LogP contribution in [-0.4, -0.2) is 18.2 Å². The standard InChI is InChI=1S/C11H9BrO4/c1-15-11(14)9-4-7-2-6(5-13)3-8(12)10(7)16-9/h2-4,13H,5H2,1H3. The first kappa shape index (κ1) is 11.2. The molecule has 1 N–H and O–H groups in total. The van der Waals surface area contributed by atoms with Crippen LogP contribution in [0.25, 0.3) is 11.0 Å². The molecule has 0 fully saturated rings. The maximum atomic E-state index is 11.3. The zero-order valence-corrected chi connectivity index (χ0v) is 10.1. The van der Waals surface area contributed by atoms with Crippen LogP contribution in [0, 0.1) is 0 Å². The molecule has 0 unspecified atom stereocenters. The van der Waals surface area contributed by atoms with Gasteiger partial charge in [-0.05, 0) is 39.7 Å². The highest BCUT2D eigenvalue weighted by Gasteiger charge is 2.14. The van der Waals surface area contributed by atoms with Gasteiger partial charge in [-0.2, -0.15) is 0 Å². The van der Waals surface area contributed by atoms with Crippen LogP contribution in [-0.2, 0) is 11.3 Å². The summed E-state index contributed by atoms with van der Waals surface area (Å²) in [4.78, 5) is 11.3. The van der Waals surface area contributed by atoms with Crippen molar-refractivity contribution in [1.29, 1.82) is 0 Å². The number of rotatable bonds is 2. The second-order valence-electron chi connectivity index (χ2n) is 3.26. The Morgan fingerprint density at radius 2 is 2.25 bits per heavy atom. The maximum absolute atomic E-state index is 11.3. The lowest BCUT2D eigenvalue weighted by Crippen LogP contribution is -1.97. The lowest BCUT2D eigenvalue weighted by Gasteiger charge is -1.97. The fraction of sp³-hybridized carbons (Fsp3) is 0.182. The molecule has 0 atom stereocenters. The summed E-state index contributed by atoms with van der Waals surface area (Å²) in [5.41, 5.74) is 1.31. The summed E-state index contributed by atoms with van der Waals surface area (Å²) < 4.78 is 10.6. The van der Waals surface area contributed by atoms with Crippen molar-refractivity contribution >= 4 is 32.9 Å². The molecular formula is C11H9BrO4. The van der Waals surface area contributed by atoms with E-state index in [1.165, 1.54) is 7.11 Å². The smallest absolute Gasteiger partial charge is 0.373 e. The first-order chi connectivity index (χ1) is 7.65. The van der Waals surface area contributed by atoms with E-state index in [0.29, 0.717) is 10.1 Å². The summed E-state index contributed by atoms with van der Waals surface area (Å²) in [6.45, 7) is -0.0622. The Morgan fingerprint density at radius 1 is 1.50 bits per heavy atom. The highest BCUT2D eigenvalue weighted by Crippen LogP contribution is 2.29. The number of aliphatic hydroxyl groups is 1. The van der Waals surface area contributed by atoms with Crippen LogP contribution in [0.2, 0.25) is 0 Å². The van der Waals surface area contributed by atoms with E-state index in [0.717, 1.165) is 10.9 Å². The van der Waals surface area contributed by atoms with E-state index in [2.05, 4.69) is 20.7 Å². The molecule has 0 amide bonds. The maximum Gasteiger partial charge on any atom is 0.373 e. The Hall–Kier alpha value is -1.33. The van der Waals surface area contributed by atoms with Crippen molar-refractivity contribution in [2.45, 2.75) is 6.61 Å². The van der Waals surface area contributed by atoms with Gasteiger partial charge < -0.3 is 14.3 Å². The number of esters is 1. The van der Waals surface area contributed by atoms with E-state index in [1.807, 2.05) is 0 Å². The average Bonchev–Trinajstić information content (AvgIpc) is 2.72. The Bertz CT molecular complexity index is 544. The molecule has 1 aromatic heterocycles. The summed E-state index contributed by atoms with van der Waals surface area (Å²) in [7, 11) is 1.30. The summed E-state index contributed by atoms with van der Waals surface area (Å²) in [5.74, 6) is -0.373. The second kappa shape index (κ2) is 4.27. The first-order valence-corrected chi connectivity index (χ1v) is 5.36. The number of carbonyl (C=O) groups excluding carboxylic acids is 1. The van der Waals surface area contributed by atoms with Crippen molar-refractivity contribution in [3.05, 3.63) is 34.0 Å². The third kappa shape index (κ3) is 1.83. The molecule has 1 heterocycles. The van der Waals surface area contributed by atoms with Crippen LogP contribution >= 0.6 is 15.9 Å². The number of benzene rings is 1. The van der Waals surface area contributed by atoms with Crippen molar-refractivity contribution in [3.8, 4) is 0 Å². The minimum atomic E-state index is -0.520. The van der Waals surface area contributed by atoms with E-state index < -0.39 is 5.97 Å². The number of methoxy groups -OCH3 is 1. The number of furan rings is 1. The van der Waals surface area contributed by atoms with Gasteiger partial charge in [-0.25, -0.2) is 4.79 Å². The molecule has 5 heteroatoms. The molecule has 1 aromatic carbocycles. The number of fused-ring (bicyclic) bond motifs is 1. The van der Waals surface area contributed by atoms with E-state index >= 15 is 0 Å². The molecule has 0 spiro atoms. The van der Waals surface area contributed by atoms with Crippen molar-refractivity contribution in [3.63, 3.8) is 0 Å². The van der Waals surface area contributed by atoms with E-state index in [4.69, 9.17) is 9.52 Å². The van der Waals surface area contributed by atoms with Gasteiger partial charge in [0.25, 0.3) is 0 Å². The normalized spacial score (nSPS) is 10.7. The van der Waals surface area contributed by atoms with E-state index in [-0.39, 0.29) is 12.4 Å². The quantitative estimate of drug-likeness (QED) is 0.861. The van der Waals surface area contributed by atoms with Crippen molar-refractivity contribution in [2.24, 2.45) is 0 Å². The van der Waals surface area contributed by atoms with Crippen molar-refractivity contribution < 1.29 is 19.1 Å². The van der Waals surface area contributed by atoms with E-state index in [9.17, 15) is 4.79 Å². The largest absolute Gasteiger partial charge is 0.463 e. The molecule has 0 saturated heterocycles. The van der Waals surface area contributed by atoms with Crippen LogP contribution in [0.15, 0.2) is 27.1 Å². The minimum Gasteiger partial charge on any atom is -0.463 e. The third-order valence-corrected chi connectivity index (χ3v) is 2.79. The monoisotopic (exact) mass is 284 g/mol. The van der Waals surface area contributed by atoms with Gasteiger partial charge in [-0.1, -0.05) is 0 Å². The van der Waals surface area contributed by atoms with Crippen LogP contribution in [0.3, 0.4) is 0 Å². The molecule has 2 rings (SSSR count). The molecular weight excluding hydrogens is 276 g/mol. The van der Waals surface area contributed by atoms with Crippen LogP contribution < -0.4 is 0 Å². The highest BCUT2D eigenvalue weighted by atomic mass is 79.9. The summed E-state index contributed by atoms with van der Waals surface area (Å²) in [5, 5.41) is 9.79. The number of hydrogen-bond donors (Lipinski definition) is 1. The first-order valence-electron chi connectivity index (χ1n) is 4.57. The Labute approximate surface area is 99.9 Å². The van der Waals surface area contributed by atoms with Crippen LogP contribution in [0.1, 0.15) is 16.1 Å². The Morgan fingerprint density at radius 3 is 2.88 bits per heavy atom. The summed E-state index contributed by atoms with van der Waals surface area (Å²) in [6.07, 6.45) is 0. The van der Waals surface area contributed by atoms with Crippen LogP contribution in [0.4, 0.5) is 0 Å². The van der Waals surface area contributed by atoms with Crippen LogP contribution in [0.5, 0.6) is 0 Å². The van der Waals surface area contributed by atoms with Gasteiger partial charge in [0.1, 0.15) is 5.58 Å². The van der Waals surface area contributed by atoms with Gasteiger partial charge in [0.2, 0.25) is 5.76 Å². The third-order valence-electron chi connectivity index (χ3n) is 2.20. The van der Waals surface area contributed by atoms with Gasteiger partial charge in [0.15, 0.2) is 0 Å². The zero-order valence-electron chi connectivity index (χ0n) is 8.49. The zero-order chi connectivity index (χ0) is 11.7. The molecule has 0 aliphatic rings. The fourth-order valence-electron chi connectivity index (χ4n) is 1.46. The summed E-state index contributed by atoms with van der Waals surface area (Å²) >= 11 is 3.32. The molecule has 2 aromatic rings. The lowest BCUT2D eigenvalue weighted by atomic mass is 10.2. The SMILES string of the molecule is COC(=O)c1cc2cc(CO)cc(Br)c2o1. The number of carbonyl (C=O) groups is 1. The van der Waals surface area contributed by atoms with E-state index in [1.54, 1.807) is 18.2 Å². The molecule has 0 radical (unpaired) electrons. The van der Waals surface area contributed by atoms with Gasteiger partial charge >= 0.3 is 5.97 Å². The molecule has 0 aliphatic carbocycles. The average molecular weight is 285 g/mol. The predicted octanol–water partition coefficient (Wildman–Crippen LogP) is 2.47. The molecule has 4 nitrogen and oxygen atoms in total. The molecule has 0 saturated carbocycles. The van der Waals surface area contributed by atoms with Gasteiger partial charge in [0.05, 0.1) is 18.2 Å². The number of aliphatic hydroxyl groups excluding tert-OH is 1. The number of halogens is 1. The minimum absolute atomic E-state index is 0.0622. The van der Waals surface area contributed by atoms with Gasteiger partial charge in [-0.3, -0.25) is 0 Å². The molecule has 0 aliphatic heterocycles. The summed E-state index contributed by atoms with van der Waals surface area (Å²) in [6, 6.07) is 5.09. The number of ether oxygens (including phenoxy) is 1. The molecule has 84 valence electrons. The lowest BCUT2D eigenvalue weighted by molar-refractivity contribution is 0.0567. The van der Waals surface area contributed by atoms with Crippen molar-refractivity contribution in [2.75, 3.05) is 7.11 Å². The van der Waals surface area contributed by atoms with Gasteiger partial charge in [-0.15, -0.1) is 0 Å². The topological polar surface area (TPSA) is 59.7 Å². The predicted molar refractivity (Wildman–Crippen MR) is 61.2 cm³/mol. The molecule has 0 bridgehead atoms. The Balaban J connectivity index is 2.61. The van der Waals surface area contributed by atoms with Gasteiger partial charge in [0, 0.05) is 5.39 Å². The second-order valence-corrected chi connectivity index (χ2v) is 4.11. The molecule has 16 heavy (non-hydrogen) atoms. The number of hydrogen-bond acceptors (Lipinski definition) is 4. The highest BCUT2D eigenvalue weighted by molar-refractivity contribution is 9.10. The fourth-order valence-corrected chi connectivity index (χ4v) is 2.07. The van der Waals surface area contributed by atoms with Crippen molar-refractivity contribution in [1.82, 2.24) is 0 Å².